The van der Waals surface area contributed by atoms with Crippen LogP contribution in [0.2, 0.25) is 5.02 Å². The topological polar surface area (TPSA) is 114 Å². The number of aromatic nitrogens is 2. The first kappa shape index (κ1) is 25.2. The second-order valence-electron chi connectivity index (χ2n) is 8.43. The molecule has 0 radical (unpaired) electrons. The molecular formula is C28H24ClN3O6. The molecule has 1 fully saturated rings. The molecule has 9 nitrogen and oxygen atoms in total. The first-order valence-corrected chi connectivity index (χ1v) is 12.2. The van der Waals surface area contributed by atoms with Crippen molar-refractivity contribution in [3.63, 3.8) is 0 Å². The molecule has 0 bridgehead atoms. The van der Waals surface area contributed by atoms with Crippen molar-refractivity contribution in [1.82, 2.24) is 9.97 Å². The Labute approximate surface area is 223 Å². The van der Waals surface area contributed by atoms with Crippen molar-refractivity contribution < 1.29 is 28.9 Å². The Morgan fingerprint density at radius 3 is 2.47 bits per heavy atom. The number of nitrogens with one attached hydrogen (secondary N) is 1. The highest BCUT2D eigenvalue weighted by atomic mass is 35.5. The van der Waals surface area contributed by atoms with E-state index in [0.717, 1.165) is 0 Å². The molecule has 1 aliphatic rings. The van der Waals surface area contributed by atoms with Crippen LogP contribution in [0.4, 0.5) is 5.95 Å². The van der Waals surface area contributed by atoms with Crippen molar-refractivity contribution in [2.75, 3.05) is 25.7 Å². The van der Waals surface area contributed by atoms with Gasteiger partial charge in [-0.3, -0.25) is 14.5 Å². The molecule has 0 aliphatic carbocycles. The highest BCUT2D eigenvalue weighted by molar-refractivity contribution is 6.51. The second-order valence-corrected chi connectivity index (χ2v) is 8.87. The summed E-state index contributed by atoms with van der Waals surface area (Å²) in [6, 6.07) is 15.9. The number of H-pyrrole nitrogens is 1. The van der Waals surface area contributed by atoms with Gasteiger partial charge >= 0.3 is 5.91 Å². The van der Waals surface area contributed by atoms with Crippen molar-refractivity contribution in [2.24, 2.45) is 0 Å². The summed E-state index contributed by atoms with van der Waals surface area (Å²) in [4.78, 5) is 36.0. The van der Waals surface area contributed by atoms with Crippen LogP contribution >= 0.6 is 11.6 Å². The van der Waals surface area contributed by atoms with Crippen LogP contribution in [0.1, 0.15) is 24.1 Å². The summed E-state index contributed by atoms with van der Waals surface area (Å²) < 4.78 is 16.6. The number of hydrogen-bond donors (Lipinski definition) is 2. The molecule has 10 heteroatoms. The zero-order valence-electron chi connectivity index (χ0n) is 20.8. The largest absolute Gasteiger partial charge is 0.507 e. The van der Waals surface area contributed by atoms with E-state index in [1.54, 1.807) is 36.4 Å². The third-order valence-electron chi connectivity index (χ3n) is 6.27. The summed E-state index contributed by atoms with van der Waals surface area (Å²) >= 11 is 6.20. The van der Waals surface area contributed by atoms with Crippen LogP contribution in [0, 0.1) is 0 Å². The van der Waals surface area contributed by atoms with E-state index in [9.17, 15) is 14.7 Å². The number of aliphatic hydroxyl groups excluding tert-OH is 1. The molecule has 0 spiro atoms. The summed E-state index contributed by atoms with van der Waals surface area (Å²) in [5.41, 5.74) is 1.82. The van der Waals surface area contributed by atoms with Gasteiger partial charge in [-0.1, -0.05) is 29.8 Å². The summed E-state index contributed by atoms with van der Waals surface area (Å²) in [5, 5.41) is 11.8. The number of aromatic amines is 1. The number of halogens is 1. The van der Waals surface area contributed by atoms with Gasteiger partial charge < -0.3 is 24.3 Å². The Balaban J connectivity index is 1.78. The number of aliphatic hydroxyl groups is 1. The molecular weight excluding hydrogens is 510 g/mol. The molecule has 1 atom stereocenters. The van der Waals surface area contributed by atoms with E-state index in [2.05, 4.69) is 9.97 Å². The van der Waals surface area contributed by atoms with Gasteiger partial charge in [0.05, 0.1) is 49.0 Å². The number of hydrogen-bond acceptors (Lipinski definition) is 7. The molecule has 4 aromatic rings. The van der Waals surface area contributed by atoms with Crippen molar-refractivity contribution >= 4 is 46.0 Å². The van der Waals surface area contributed by atoms with Crippen molar-refractivity contribution in [2.45, 2.75) is 13.0 Å². The fraction of sp³-hybridized carbons (Fsp3) is 0.179. The van der Waals surface area contributed by atoms with Gasteiger partial charge in [0.25, 0.3) is 5.78 Å². The van der Waals surface area contributed by atoms with E-state index in [1.807, 2.05) is 25.1 Å². The molecule has 1 saturated heterocycles. The number of rotatable bonds is 7. The predicted molar refractivity (Wildman–Crippen MR) is 143 cm³/mol. The maximum absolute atomic E-state index is 13.5. The van der Waals surface area contributed by atoms with Crippen LogP contribution in [0.15, 0.2) is 66.2 Å². The third-order valence-corrected chi connectivity index (χ3v) is 6.50. The monoisotopic (exact) mass is 533 g/mol. The zero-order chi connectivity index (χ0) is 27.0. The lowest BCUT2D eigenvalue weighted by Gasteiger charge is -2.24. The SMILES string of the molecule is CCOc1cc(C2/C(=C(\O)c3cc(Cl)ccc3OC)C(=O)C(=O)N2c2nc3ccccc3[nH]2)ccc1OC. The van der Waals surface area contributed by atoms with E-state index in [1.165, 1.54) is 25.2 Å². The van der Waals surface area contributed by atoms with Crippen LogP contribution in [-0.2, 0) is 9.59 Å². The van der Waals surface area contributed by atoms with Crippen LogP contribution in [0.25, 0.3) is 16.8 Å². The highest BCUT2D eigenvalue weighted by Gasteiger charge is 2.48. The zero-order valence-corrected chi connectivity index (χ0v) is 21.6. The number of benzene rings is 3. The Hall–Kier alpha value is -4.50. The standard InChI is InChI=1S/C28H24ClN3O6/c1-4-38-22-13-15(9-11-21(22)37-3)24-23(25(33)17-14-16(29)10-12-20(17)36-2)26(34)27(35)32(24)28-30-18-7-5-6-8-19(18)31-28/h5-14,24,33H,4H2,1-3H3,(H,30,31)/b25-23+. The van der Waals surface area contributed by atoms with Gasteiger partial charge in [0.15, 0.2) is 11.5 Å². The number of para-hydroxylation sites is 2. The molecule has 2 heterocycles. The van der Waals surface area contributed by atoms with Gasteiger partial charge in [-0.2, -0.15) is 0 Å². The normalized spacial score (nSPS) is 16.7. The molecule has 0 saturated carbocycles. The van der Waals surface area contributed by atoms with Gasteiger partial charge in [-0.15, -0.1) is 0 Å². The van der Waals surface area contributed by atoms with E-state index in [0.29, 0.717) is 39.7 Å². The molecule has 1 aromatic heterocycles. The maximum Gasteiger partial charge on any atom is 0.302 e. The summed E-state index contributed by atoms with van der Waals surface area (Å²) in [6.07, 6.45) is 0. The lowest BCUT2D eigenvalue weighted by atomic mass is 9.94. The first-order chi connectivity index (χ1) is 18.4. The number of ether oxygens (including phenoxy) is 3. The molecule has 1 aliphatic heterocycles. The van der Waals surface area contributed by atoms with Gasteiger partial charge in [0.1, 0.15) is 11.5 Å². The first-order valence-electron chi connectivity index (χ1n) is 11.8. The van der Waals surface area contributed by atoms with Crippen molar-refractivity contribution in [1.29, 1.82) is 0 Å². The molecule has 194 valence electrons. The number of carbonyl (C=O) groups is 2. The molecule has 1 amide bonds. The third kappa shape index (κ3) is 4.20. The number of anilines is 1. The number of ketones is 1. The van der Waals surface area contributed by atoms with Crippen molar-refractivity contribution in [3.05, 3.63) is 82.4 Å². The van der Waals surface area contributed by atoms with Crippen LogP contribution < -0.4 is 19.1 Å². The lowest BCUT2D eigenvalue weighted by molar-refractivity contribution is -0.132. The Bertz CT molecular complexity index is 1560. The number of methoxy groups -OCH3 is 2. The highest BCUT2D eigenvalue weighted by Crippen LogP contribution is 2.45. The Morgan fingerprint density at radius 2 is 1.76 bits per heavy atom. The minimum atomic E-state index is -1.05. The fourth-order valence-electron chi connectivity index (χ4n) is 4.56. The number of imidazole rings is 1. The van der Waals surface area contributed by atoms with E-state index < -0.39 is 23.5 Å². The average molecular weight is 534 g/mol. The van der Waals surface area contributed by atoms with E-state index in [-0.39, 0.29) is 22.8 Å². The molecule has 1 unspecified atom stereocenters. The average Bonchev–Trinajstić information content (AvgIpc) is 3.46. The fourth-order valence-corrected chi connectivity index (χ4v) is 4.73. The van der Waals surface area contributed by atoms with Crippen LogP contribution in [-0.4, -0.2) is 47.6 Å². The molecule has 2 N–H and O–H groups in total. The number of Topliss-reactive ketones (excluding diaryl/α,β-unsaturated/α-hetero) is 1. The van der Waals surface area contributed by atoms with Gasteiger partial charge in [-0.25, -0.2) is 4.98 Å². The van der Waals surface area contributed by atoms with Gasteiger partial charge in [0.2, 0.25) is 5.95 Å². The number of carbonyl (C=O) groups excluding carboxylic acids is 2. The van der Waals surface area contributed by atoms with E-state index >= 15 is 0 Å². The second kappa shape index (κ2) is 10.1. The summed E-state index contributed by atoms with van der Waals surface area (Å²) in [6.45, 7) is 2.20. The van der Waals surface area contributed by atoms with Crippen LogP contribution in [0.5, 0.6) is 17.2 Å². The number of fused-ring (bicyclic) bond motifs is 1. The predicted octanol–water partition coefficient (Wildman–Crippen LogP) is 5.26. The van der Waals surface area contributed by atoms with Crippen molar-refractivity contribution in [3.8, 4) is 17.2 Å². The van der Waals surface area contributed by atoms with Crippen LogP contribution in [0.3, 0.4) is 0 Å². The minimum Gasteiger partial charge on any atom is -0.507 e. The van der Waals surface area contributed by atoms with E-state index in [4.69, 9.17) is 25.8 Å². The molecule has 5 rings (SSSR count). The summed E-state index contributed by atoms with van der Waals surface area (Å²) in [5.74, 6) is -0.834. The quantitative estimate of drug-likeness (QED) is 0.189. The number of amides is 1. The molecule has 38 heavy (non-hydrogen) atoms. The number of nitrogens with zero attached hydrogens (tertiary/aromatic N) is 2. The Kier molecular flexibility index (Phi) is 6.69. The van der Waals surface area contributed by atoms with Gasteiger partial charge in [-0.05, 0) is 55.0 Å². The minimum absolute atomic E-state index is 0.149. The smallest absolute Gasteiger partial charge is 0.302 e. The molecule has 3 aromatic carbocycles. The Morgan fingerprint density at radius 1 is 1.03 bits per heavy atom. The lowest BCUT2D eigenvalue weighted by Crippen LogP contribution is -2.30. The maximum atomic E-state index is 13.5. The summed E-state index contributed by atoms with van der Waals surface area (Å²) in [7, 11) is 2.95. The van der Waals surface area contributed by atoms with Gasteiger partial charge in [0, 0.05) is 5.02 Å².